The Morgan fingerprint density at radius 1 is 0.976 bits per heavy atom. The van der Waals surface area contributed by atoms with Crippen LogP contribution >= 0.6 is 0 Å². The van der Waals surface area contributed by atoms with Crippen LogP contribution in [0.2, 0.25) is 0 Å². The smallest absolute Gasteiger partial charge is 0.406 e. The molecule has 14 heteroatoms. The van der Waals surface area contributed by atoms with Crippen LogP contribution in [-0.4, -0.2) is 45.1 Å². The highest BCUT2D eigenvalue weighted by atomic mass is 32.2. The van der Waals surface area contributed by atoms with Crippen LogP contribution in [0.4, 0.5) is 47.7 Å². The van der Waals surface area contributed by atoms with E-state index in [0.717, 1.165) is 5.69 Å². The number of carbonyl (C=O) groups is 1. The van der Waals surface area contributed by atoms with Crippen molar-refractivity contribution in [3.05, 3.63) is 90.6 Å². The summed E-state index contributed by atoms with van der Waals surface area (Å²) >= 11 is -2.20. The number of likely N-dealkylation sites (N-methyl/N-ethyl adjacent to an activating group) is 1. The highest BCUT2D eigenvalue weighted by Crippen LogP contribution is 2.27. The predicted octanol–water partition coefficient (Wildman–Crippen LogP) is 5.64. The van der Waals surface area contributed by atoms with Crippen LogP contribution in [0.1, 0.15) is 5.56 Å². The number of benzene rings is 3. The van der Waals surface area contributed by atoms with Gasteiger partial charge in [-0.05, 0) is 66.2 Å². The first kappa shape index (κ1) is 29.3. The molecule has 0 aliphatic rings. The SMILES string of the molecule is CN(C(=O)Cc1ccc(OC(F)(F)F)cc1)c1ccc(N(C)c2ccnc(Nc3cccc(NS(=O)O)c3)n2)cc1. The summed E-state index contributed by atoms with van der Waals surface area (Å²) in [7, 11) is 3.44. The number of ether oxygens (including phenoxy) is 1. The van der Waals surface area contributed by atoms with Crippen molar-refractivity contribution in [2.75, 3.05) is 33.9 Å². The van der Waals surface area contributed by atoms with E-state index in [1.165, 1.54) is 29.2 Å². The van der Waals surface area contributed by atoms with Gasteiger partial charge in [-0.3, -0.25) is 14.1 Å². The molecule has 0 saturated heterocycles. The maximum Gasteiger partial charge on any atom is 0.573 e. The summed E-state index contributed by atoms with van der Waals surface area (Å²) < 4.78 is 63.3. The zero-order valence-corrected chi connectivity index (χ0v) is 22.6. The lowest BCUT2D eigenvalue weighted by Crippen LogP contribution is -2.27. The molecule has 4 aromatic rings. The Hall–Kier alpha value is -4.69. The normalized spacial score (nSPS) is 11.9. The van der Waals surface area contributed by atoms with Gasteiger partial charge < -0.3 is 19.9 Å². The van der Waals surface area contributed by atoms with Gasteiger partial charge in [-0.25, -0.2) is 9.19 Å². The summed E-state index contributed by atoms with van der Waals surface area (Å²) in [5.74, 6) is 0.309. The van der Waals surface area contributed by atoms with Crippen molar-refractivity contribution < 1.29 is 31.5 Å². The summed E-state index contributed by atoms with van der Waals surface area (Å²) in [6.07, 6.45) is -3.19. The third-order valence-electron chi connectivity index (χ3n) is 5.82. The molecule has 214 valence electrons. The monoisotopic (exact) mass is 586 g/mol. The van der Waals surface area contributed by atoms with E-state index in [1.807, 2.05) is 24.1 Å². The molecule has 1 heterocycles. The fourth-order valence-corrected chi connectivity index (χ4v) is 4.09. The molecular formula is C27H25F3N6O4S. The molecule has 0 radical (unpaired) electrons. The highest BCUT2D eigenvalue weighted by molar-refractivity contribution is 7.80. The van der Waals surface area contributed by atoms with Gasteiger partial charge in [0.2, 0.25) is 11.9 Å². The van der Waals surface area contributed by atoms with E-state index < -0.39 is 17.6 Å². The number of hydrogen-bond donors (Lipinski definition) is 3. The maximum atomic E-state index is 12.8. The topological polar surface area (TPSA) is 120 Å². The van der Waals surface area contributed by atoms with Crippen molar-refractivity contribution in [1.82, 2.24) is 9.97 Å². The number of halogens is 3. The van der Waals surface area contributed by atoms with Crippen LogP contribution in [0.25, 0.3) is 0 Å². The molecule has 0 aliphatic heterocycles. The van der Waals surface area contributed by atoms with Gasteiger partial charge in [0.1, 0.15) is 11.6 Å². The van der Waals surface area contributed by atoms with Gasteiger partial charge in [-0.2, -0.15) is 4.98 Å². The first-order valence-corrected chi connectivity index (χ1v) is 13.1. The van der Waals surface area contributed by atoms with Crippen molar-refractivity contribution in [1.29, 1.82) is 0 Å². The summed E-state index contributed by atoms with van der Waals surface area (Å²) in [6, 6.07) is 20.8. The zero-order valence-electron chi connectivity index (χ0n) is 21.8. The van der Waals surface area contributed by atoms with E-state index in [1.54, 1.807) is 55.7 Å². The lowest BCUT2D eigenvalue weighted by Gasteiger charge is -2.21. The van der Waals surface area contributed by atoms with Crippen LogP contribution in [0.3, 0.4) is 0 Å². The number of nitrogens with zero attached hydrogens (tertiary/aromatic N) is 4. The van der Waals surface area contributed by atoms with Crippen LogP contribution in [0.5, 0.6) is 5.75 Å². The first-order valence-electron chi connectivity index (χ1n) is 12.0. The lowest BCUT2D eigenvalue weighted by molar-refractivity contribution is -0.274. The van der Waals surface area contributed by atoms with Crippen molar-refractivity contribution in [3.63, 3.8) is 0 Å². The second kappa shape index (κ2) is 12.7. The molecule has 3 aromatic carbocycles. The molecule has 1 amide bonds. The van der Waals surface area contributed by atoms with E-state index in [2.05, 4.69) is 24.7 Å². The molecular weight excluding hydrogens is 561 g/mol. The Morgan fingerprint density at radius 2 is 1.63 bits per heavy atom. The van der Waals surface area contributed by atoms with Crippen LogP contribution < -0.4 is 24.6 Å². The Bertz CT molecular complexity index is 1520. The quantitative estimate of drug-likeness (QED) is 0.204. The molecule has 3 N–H and O–H groups in total. The Morgan fingerprint density at radius 3 is 2.29 bits per heavy atom. The summed E-state index contributed by atoms with van der Waals surface area (Å²) in [4.78, 5) is 24.8. The molecule has 10 nitrogen and oxygen atoms in total. The Balaban J connectivity index is 1.39. The van der Waals surface area contributed by atoms with Crippen molar-refractivity contribution >= 4 is 51.7 Å². The molecule has 1 unspecified atom stereocenters. The second-order valence-corrected chi connectivity index (χ2v) is 9.39. The second-order valence-electron chi connectivity index (χ2n) is 8.69. The van der Waals surface area contributed by atoms with E-state index in [4.69, 9.17) is 4.55 Å². The summed E-state index contributed by atoms with van der Waals surface area (Å²) in [5, 5.41) is 3.06. The standard InChI is InChI=1S/C27H25F3N6O4S/c1-35(24-14-15-31-26(33-24)32-19-4-3-5-20(17-19)34-41(38)39)21-8-10-22(11-9-21)36(2)25(37)16-18-6-12-23(13-7-18)40-27(28,29)30/h3-15,17,34H,16H2,1-2H3,(H,38,39)(H,31,32,33). The Kier molecular flexibility index (Phi) is 9.04. The number of hydrogen-bond acceptors (Lipinski definition) is 7. The molecule has 0 spiro atoms. The number of aromatic nitrogens is 2. The van der Waals surface area contributed by atoms with Crippen molar-refractivity contribution in [2.45, 2.75) is 12.8 Å². The molecule has 0 aliphatic carbocycles. The largest absolute Gasteiger partial charge is 0.573 e. The van der Waals surface area contributed by atoms with E-state index in [-0.39, 0.29) is 18.1 Å². The lowest BCUT2D eigenvalue weighted by atomic mass is 10.1. The third kappa shape index (κ3) is 8.40. The molecule has 0 fully saturated rings. The molecule has 0 saturated carbocycles. The minimum absolute atomic E-state index is 0.00199. The average molecular weight is 587 g/mol. The van der Waals surface area contributed by atoms with Crippen LogP contribution in [0, 0.1) is 0 Å². The fourth-order valence-electron chi connectivity index (χ4n) is 3.76. The molecule has 1 aromatic heterocycles. The third-order valence-corrected chi connectivity index (χ3v) is 6.23. The van der Waals surface area contributed by atoms with Gasteiger partial charge in [-0.15, -0.1) is 13.2 Å². The van der Waals surface area contributed by atoms with Crippen LogP contribution in [0.15, 0.2) is 85.1 Å². The molecule has 0 bridgehead atoms. The van der Waals surface area contributed by atoms with Gasteiger partial charge in [0.05, 0.1) is 12.1 Å². The van der Waals surface area contributed by atoms with Gasteiger partial charge in [0.15, 0.2) is 0 Å². The van der Waals surface area contributed by atoms with Crippen molar-refractivity contribution in [3.8, 4) is 5.75 Å². The van der Waals surface area contributed by atoms with Gasteiger partial charge in [0, 0.05) is 37.4 Å². The number of rotatable bonds is 10. The van der Waals surface area contributed by atoms with Gasteiger partial charge in [-0.1, -0.05) is 18.2 Å². The number of alkyl halides is 3. The van der Waals surface area contributed by atoms with E-state index >= 15 is 0 Å². The predicted molar refractivity (Wildman–Crippen MR) is 151 cm³/mol. The fraction of sp³-hybridized carbons (Fsp3) is 0.148. The first-order chi connectivity index (χ1) is 19.5. The van der Waals surface area contributed by atoms with E-state index in [9.17, 15) is 22.2 Å². The minimum atomic E-state index is -4.78. The molecule has 41 heavy (non-hydrogen) atoms. The summed E-state index contributed by atoms with van der Waals surface area (Å²) in [5.41, 5.74) is 3.03. The minimum Gasteiger partial charge on any atom is -0.406 e. The number of nitrogens with one attached hydrogen (secondary N) is 2. The van der Waals surface area contributed by atoms with Gasteiger partial charge >= 0.3 is 6.36 Å². The Labute approximate surface area is 236 Å². The zero-order chi connectivity index (χ0) is 29.6. The van der Waals surface area contributed by atoms with Gasteiger partial charge in [0.25, 0.3) is 11.3 Å². The summed E-state index contributed by atoms with van der Waals surface area (Å²) in [6.45, 7) is 0. The van der Waals surface area contributed by atoms with E-state index in [0.29, 0.717) is 34.4 Å². The van der Waals surface area contributed by atoms with Crippen molar-refractivity contribution in [2.24, 2.45) is 0 Å². The molecule has 1 atom stereocenters. The van der Waals surface area contributed by atoms with Crippen LogP contribution in [-0.2, 0) is 22.5 Å². The molecule has 4 rings (SSSR count). The number of carbonyl (C=O) groups excluding carboxylic acids is 1. The number of amides is 1. The average Bonchev–Trinajstić information content (AvgIpc) is 2.92. The highest BCUT2D eigenvalue weighted by Gasteiger charge is 2.31. The number of anilines is 6. The maximum absolute atomic E-state index is 12.8.